The minimum absolute atomic E-state index is 0.120. The van der Waals surface area contributed by atoms with Crippen molar-refractivity contribution in [3.05, 3.63) is 59.2 Å². The molecule has 1 amide bonds. The average molecular weight is 342 g/mol. The van der Waals surface area contributed by atoms with Crippen molar-refractivity contribution in [1.82, 2.24) is 20.7 Å². The summed E-state index contributed by atoms with van der Waals surface area (Å²) in [5.74, 6) is 0.121. The summed E-state index contributed by atoms with van der Waals surface area (Å²) >= 11 is 0. The molecule has 0 saturated carbocycles. The zero-order chi connectivity index (χ0) is 17.8. The minimum atomic E-state index is -0.360. The first-order valence-corrected chi connectivity index (χ1v) is 7.48. The maximum atomic E-state index is 13.4. The third-order valence-electron chi connectivity index (χ3n) is 3.55. The molecule has 2 aromatic heterocycles. The van der Waals surface area contributed by atoms with Crippen molar-refractivity contribution in [2.45, 2.75) is 13.5 Å². The van der Waals surface area contributed by atoms with Crippen LogP contribution in [0, 0.1) is 12.7 Å². The van der Waals surface area contributed by atoms with Gasteiger partial charge in [0.25, 0.3) is 5.91 Å². The molecule has 0 radical (unpaired) electrons. The predicted molar refractivity (Wildman–Crippen MR) is 86.4 cm³/mol. The quantitative estimate of drug-likeness (QED) is 0.766. The molecule has 1 N–H and O–H groups in total. The zero-order valence-electron chi connectivity index (χ0n) is 13.6. The van der Waals surface area contributed by atoms with Crippen LogP contribution in [0.4, 0.5) is 4.39 Å². The van der Waals surface area contributed by atoms with Gasteiger partial charge in [-0.15, -0.1) is 10.2 Å². The van der Waals surface area contributed by atoms with Crippen LogP contribution in [-0.4, -0.2) is 28.3 Å². The van der Waals surface area contributed by atoms with E-state index in [9.17, 15) is 9.18 Å². The summed E-state index contributed by atoms with van der Waals surface area (Å²) in [6.45, 7) is 1.87. The molecule has 3 aromatic rings. The van der Waals surface area contributed by atoms with Gasteiger partial charge in [-0.3, -0.25) is 4.79 Å². The number of nitrogens with zero attached hydrogens (tertiary/aromatic N) is 3. The lowest BCUT2D eigenvalue weighted by molar-refractivity contribution is 0.0957. The molecule has 0 aliphatic carbocycles. The van der Waals surface area contributed by atoms with E-state index in [1.54, 1.807) is 25.1 Å². The molecule has 0 saturated heterocycles. The van der Waals surface area contributed by atoms with Gasteiger partial charge in [-0.05, 0) is 25.1 Å². The first-order valence-electron chi connectivity index (χ1n) is 7.48. The van der Waals surface area contributed by atoms with E-state index < -0.39 is 0 Å². The van der Waals surface area contributed by atoms with Crippen molar-refractivity contribution in [2.24, 2.45) is 0 Å². The Bertz CT molecular complexity index is 893. The van der Waals surface area contributed by atoms with Gasteiger partial charge in [0.1, 0.15) is 23.9 Å². The van der Waals surface area contributed by atoms with Crippen LogP contribution in [0.25, 0.3) is 11.3 Å². The van der Waals surface area contributed by atoms with Crippen LogP contribution in [0.5, 0.6) is 5.88 Å². The van der Waals surface area contributed by atoms with Gasteiger partial charge in [0, 0.05) is 18.7 Å². The molecule has 0 fully saturated rings. The van der Waals surface area contributed by atoms with Crippen molar-refractivity contribution < 1.29 is 18.4 Å². The lowest BCUT2D eigenvalue weighted by atomic mass is 10.1. The van der Waals surface area contributed by atoms with Crippen LogP contribution in [0.1, 0.15) is 21.8 Å². The monoisotopic (exact) mass is 342 g/mol. The average Bonchev–Trinajstić information content (AvgIpc) is 3.00. The number of rotatable bonds is 5. The summed E-state index contributed by atoms with van der Waals surface area (Å²) in [5.41, 5.74) is 1.97. The maximum Gasteiger partial charge on any atom is 0.271 e. The Morgan fingerprint density at radius 3 is 2.80 bits per heavy atom. The second-order valence-corrected chi connectivity index (χ2v) is 5.20. The van der Waals surface area contributed by atoms with Crippen LogP contribution < -0.4 is 10.1 Å². The Kier molecular flexibility index (Phi) is 4.69. The molecule has 3 rings (SSSR count). The fraction of sp³-hybridized carbons (Fsp3) is 0.176. The lowest BCUT2D eigenvalue weighted by Gasteiger charge is -2.06. The molecule has 8 heteroatoms. The van der Waals surface area contributed by atoms with E-state index in [-0.39, 0.29) is 29.9 Å². The van der Waals surface area contributed by atoms with Crippen LogP contribution in [-0.2, 0) is 6.61 Å². The Morgan fingerprint density at radius 1 is 1.28 bits per heavy atom. The smallest absolute Gasteiger partial charge is 0.271 e. The van der Waals surface area contributed by atoms with Gasteiger partial charge in [0.2, 0.25) is 5.88 Å². The number of nitrogens with one attached hydrogen (secondary N) is 1. The molecule has 0 spiro atoms. The Hall–Kier alpha value is -3.29. The van der Waals surface area contributed by atoms with Gasteiger partial charge >= 0.3 is 0 Å². The molecule has 0 unspecified atom stereocenters. The fourth-order valence-electron chi connectivity index (χ4n) is 2.22. The summed E-state index contributed by atoms with van der Waals surface area (Å²) in [7, 11) is 1.51. The maximum absolute atomic E-state index is 13.4. The number of aryl methyl sites for hydroxylation is 1. The lowest BCUT2D eigenvalue weighted by Crippen LogP contribution is -2.19. The molecule has 0 bridgehead atoms. The van der Waals surface area contributed by atoms with Gasteiger partial charge in [-0.2, -0.15) is 0 Å². The van der Waals surface area contributed by atoms with Crippen molar-refractivity contribution in [1.29, 1.82) is 0 Å². The Morgan fingerprint density at radius 2 is 2.12 bits per heavy atom. The summed E-state index contributed by atoms with van der Waals surface area (Å²) in [5, 5.41) is 14.1. The zero-order valence-corrected chi connectivity index (χ0v) is 13.6. The SMILES string of the molecule is CNC(=O)c1ccc(OCc2c(-c3cccc(F)c3)noc2C)nn1. The number of hydrogen-bond acceptors (Lipinski definition) is 6. The highest BCUT2D eigenvalue weighted by Crippen LogP contribution is 2.26. The predicted octanol–water partition coefficient (Wildman–Crippen LogP) is 2.52. The third-order valence-corrected chi connectivity index (χ3v) is 3.55. The highest BCUT2D eigenvalue weighted by Gasteiger charge is 2.16. The van der Waals surface area contributed by atoms with Gasteiger partial charge < -0.3 is 14.6 Å². The summed E-state index contributed by atoms with van der Waals surface area (Å²) in [6.07, 6.45) is 0. The number of aromatic nitrogens is 3. The summed E-state index contributed by atoms with van der Waals surface area (Å²) < 4.78 is 24.2. The molecule has 1 aromatic carbocycles. The molecule has 128 valence electrons. The Balaban J connectivity index is 1.78. The van der Waals surface area contributed by atoms with Crippen LogP contribution in [0.3, 0.4) is 0 Å². The molecule has 2 heterocycles. The standard InChI is InChI=1S/C17H15FN4O3/c1-10-13(16(22-25-10)11-4-3-5-12(18)8-11)9-24-15-7-6-14(20-21-15)17(23)19-2/h3-8H,9H2,1-2H3,(H,19,23). The van der Waals surface area contributed by atoms with E-state index >= 15 is 0 Å². The number of amides is 1. The number of carbonyl (C=O) groups is 1. The van der Waals surface area contributed by atoms with Crippen LogP contribution >= 0.6 is 0 Å². The van der Waals surface area contributed by atoms with Gasteiger partial charge in [0.05, 0.1) is 5.56 Å². The van der Waals surface area contributed by atoms with Gasteiger partial charge in [-0.25, -0.2) is 4.39 Å². The van der Waals surface area contributed by atoms with Crippen molar-refractivity contribution >= 4 is 5.91 Å². The van der Waals surface area contributed by atoms with Crippen molar-refractivity contribution in [3.8, 4) is 17.1 Å². The fourth-order valence-corrected chi connectivity index (χ4v) is 2.22. The highest BCUT2D eigenvalue weighted by atomic mass is 19.1. The molecule has 0 aliphatic rings. The third kappa shape index (κ3) is 3.63. The molecular formula is C17H15FN4O3. The van der Waals surface area contributed by atoms with Gasteiger partial charge in [-0.1, -0.05) is 17.3 Å². The van der Waals surface area contributed by atoms with E-state index in [0.717, 1.165) is 0 Å². The first kappa shape index (κ1) is 16.6. The second-order valence-electron chi connectivity index (χ2n) is 5.20. The van der Waals surface area contributed by atoms with E-state index in [1.807, 2.05) is 0 Å². The molecule has 25 heavy (non-hydrogen) atoms. The largest absolute Gasteiger partial charge is 0.472 e. The highest BCUT2D eigenvalue weighted by molar-refractivity contribution is 5.91. The summed E-state index contributed by atoms with van der Waals surface area (Å²) in [4.78, 5) is 11.4. The molecule has 0 atom stereocenters. The number of carbonyl (C=O) groups excluding carboxylic acids is 1. The number of benzene rings is 1. The van der Waals surface area contributed by atoms with Crippen LogP contribution in [0.15, 0.2) is 40.9 Å². The van der Waals surface area contributed by atoms with Gasteiger partial charge in [0.15, 0.2) is 5.69 Å². The normalized spacial score (nSPS) is 10.5. The number of halogens is 1. The summed E-state index contributed by atoms with van der Waals surface area (Å²) in [6, 6.07) is 9.12. The number of ether oxygens (including phenoxy) is 1. The topological polar surface area (TPSA) is 90.1 Å². The van der Waals surface area contributed by atoms with Crippen LogP contribution in [0.2, 0.25) is 0 Å². The van der Waals surface area contributed by atoms with E-state index in [2.05, 4.69) is 20.7 Å². The Labute approximate surface area is 142 Å². The first-order chi connectivity index (χ1) is 12.1. The molecule has 7 nitrogen and oxygen atoms in total. The van der Waals surface area contributed by atoms with E-state index in [1.165, 1.54) is 25.2 Å². The van der Waals surface area contributed by atoms with E-state index in [4.69, 9.17) is 9.26 Å². The van der Waals surface area contributed by atoms with Crippen molar-refractivity contribution in [3.63, 3.8) is 0 Å². The minimum Gasteiger partial charge on any atom is -0.472 e. The molecular weight excluding hydrogens is 327 g/mol. The van der Waals surface area contributed by atoms with E-state index in [0.29, 0.717) is 22.6 Å². The molecule has 0 aliphatic heterocycles. The van der Waals surface area contributed by atoms with Crippen molar-refractivity contribution in [2.75, 3.05) is 7.05 Å². The second kappa shape index (κ2) is 7.08. The number of hydrogen-bond donors (Lipinski definition) is 1.